The van der Waals surface area contributed by atoms with Crippen LogP contribution in [0.5, 0.6) is 11.5 Å². The molecule has 1 N–H and O–H groups in total. The summed E-state index contributed by atoms with van der Waals surface area (Å²) in [5, 5.41) is 3.51. The van der Waals surface area contributed by atoms with Crippen molar-refractivity contribution in [1.29, 1.82) is 0 Å². The molecule has 20 heavy (non-hydrogen) atoms. The Labute approximate surface area is 120 Å². The van der Waals surface area contributed by atoms with Crippen LogP contribution in [0.2, 0.25) is 0 Å². The number of rotatable bonds is 6. The molecule has 2 aromatic carbocycles. The van der Waals surface area contributed by atoms with Crippen molar-refractivity contribution in [1.82, 2.24) is 5.32 Å². The average molecular weight is 271 g/mol. The molecule has 3 heteroatoms. The van der Waals surface area contributed by atoms with E-state index in [1.54, 1.807) is 14.2 Å². The van der Waals surface area contributed by atoms with Crippen molar-refractivity contribution < 1.29 is 9.47 Å². The zero-order valence-electron chi connectivity index (χ0n) is 12.2. The molecule has 0 heterocycles. The number of methoxy groups -OCH3 is 2. The van der Waals surface area contributed by atoms with Crippen LogP contribution in [-0.2, 0) is 6.54 Å². The average Bonchev–Trinajstić information content (AvgIpc) is 2.53. The number of para-hydroxylation sites is 1. The second kappa shape index (κ2) is 6.96. The highest BCUT2D eigenvalue weighted by Crippen LogP contribution is 2.24. The Morgan fingerprint density at radius 3 is 2.30 bits per heavy atom. The highest BCUT2D eigenvalue weighted by atomic mass is 16.5. The predicted molar refractivity (Wildman–Crippen MR) is 81.2 cm³/mol. The zero-order chi connectivity index (χ0) is 14.4. The fourth-order valence-corrected chi connectivity index (χ4v) is 2.15. The number of hydrogen-bond acceptors (Lipinski definition) is 3. The molecule has 3 nitrogen and oxygen atoms in total. The molecule has 0 aliphatic heterocycles. The predicted octanol–water partition coefficient (Wildman–Crippen LogP) is 3.55. The lowest BCUT2D eigenvalue weighted by Crippen LogP contribution is -2.18. The van der Waals surface area contributed by atoms with Gasteiger partial charge in [-0.2, -0.15) is 0 Å². The van der Waals surface area contributed by atoms with Gasteiger partial charge in [0.2, 0.25) is 0 Å². The van der Waals surface area contributed by atoms with Crippen molar-refractivity contribution in [2.45, 2.75) is 19.5 Å². The van der Waals surface area contributed by atoms with Crippen LogP contribution < -0.4 is 14.8 Å². The smallest absolute Gasteiger partial charge is 0.123 e. The normalized spacial score (nSPS) is 11.9. The maximum absolute atomic E-state index is 5.39. The van der Waals surface area contributed by atoms with E-state index < -0.39 is 0 Å². The van der Waals surface area contributed by atoms with Crippen LogP contribution >= 0.6 is 0 Å². The molecular formula is C17H21NO2. The third-order valence-electron chi connectivity index (χ3n) is 3.38. The SMILES string of the molecule is COc1ccc(CN[C@@H](C)c2ccccc2OC)cc1. The zero-order valence-corrected chi connectivity index (χ0v) is 12.2. The van der Waals surface area contributed by atoms with Crippen LogP contribution in [0.15, 0.2) is 48.5 Å². The van der Waals surface area contributed by atoms with Gasteiger partial charge in [0.15, 0.2) is 0 Å². The quantitative estimate of drug-likeness (QED) is 0.871. The van der Waals surface area contributed by atoms with Crippen molar-refractivity contribution in [2.75, 3.05) is 14.2 Å². The molecule has 1 atom stereocenters. The van der Waals surface area contributed by atoms with Gasteiger partial charge >= 0.3 is 0 Å². The van der Waals surface area contributed by atoms with E-state index in [2.05, 4.69) is 30.4 Å². The van der Waals surface area contributed by atoms with Crippen molar-refractivity contribution in [3.8, 4) is 11.5 Å². The van der Waals surface area contributed by atoms with Gasteiger partial charge < -0.3 is 14.8 Å². The maximum atomic E-state index is 5.39. The van der Waals surface area contributed by atoms with Crippen LogP contribution in [-0.4, -0.2) is 14.2 Å². The van der Waals surface area contributed by atoms with Gasteiger partial charge in [0.1, 0.15) is 11.5 Å². The van der Waals surface area contributed by atoms with Crippen LogP contribution in [0.4, 0.5) is 0 Å². The molecule has 0 aliphatic rings. The van der Waals surface area contributed by atoms with E-state index in [4.69, 9.17) is 9.47 Å². The van der Waals surface area contributed by atoms with Crippen molar-refractivity contribution in [3.05, 3.63) is 59.7 Å². The van der Waals surface area contributed by atoms with Crippen LogP contribution in [0, 0.1) is 0 Å². The summed E-state index contributed by atoms with van der Waals surface area (Å²) < 4.78 is 10.5. The lowest BCUT2D eigenvalue weighted by atomic mass is 10.1. The Hall–Kier alpha value is -2.00. The van der Waals surface area contributed by atoms with Crippen LogP contribution in [0.3, 0.4) is 0 Å². The number of benzene rings is 2. The topological polar surface area (TPSA) is 30.5 Å². The molecule has 0 aliphatic carbocycles. The van der Waals surface area contributed by atoms with Gasteiger partial charge in [-0.15, -0.1) is 0 Å². The van der Waals surface area contributed by atoms with Gasteiger partial charge in [-0.05, 0) is 30.7 Å². The largest absolute Gasteiger partial charge is 0.497 e. The minimum Gasteiger partial charge on any atom is -0.497 e. The summed E-state index contributed by atoms with van der Waals surface area (Å²) in [4.78, 5) is 0. The molecule has 0 radical (unpaired) electrons. The summed E-state index contributed by atoms with van der Waals surface area (Å²) in [6, 6.07) is 16.4. The minimum atomic E-state index is 0.230. The summed E-state index contributed by atoms with van der Waals surface area (Å²) in [5.41, 5.74) is 2.40. The fraction of sp³-hybridized carbons (Fsp3) is 0.294. The van der Waals surface area contributed by atoms with Gasteiger partial charge in [0.05, 0.1) is 14.2 Å². The molecule has 0 unspecified atom stereocenters. The molecule has 0 spiro atoms. The van der Waals surface area contributed by atoms with E-state index in [-0.39, 0.29) is 6.04 Å². The summed E-state index contributed by atoms with van der Waals surface area (Å²) >= 11 is 0. The van der Waals surface area contributed by atoms with Crippen LogP contribution in [0.1, 0.15) is 24.1 Å². The number of ether oxygens (including phenoxy) is 2. The second-order valence-corrected chi connectivity index (χ2v) is 4.69. The molecule has 0 amide bonds. The summed E-state index contributed by atoms with van der Waals surface area (Å²) in [6.45, 7) is 2.95. The Morgan fingerprint density at radius 2 is 1.65 bits per heavy atom. The molecule has 2 aromatic rings. The molecule has 0 fully saturated rings. The van der Waals surface area contributed by atoms with E-state index >= 15 is 0 Å². The third-order valence-corrected chi connectivity index (χ3v) is 3.38. The monoisotopic (exact) mass is 271 g/mol. The molecule has 2 rings (SSSR count). The molecular weight excluding hydrogens is 250 g/mol. The van der Waals surface area contributed by atoms with Gasteiger partial charge in [-0.25, -0.2) is 0 Å². The van der Waals surface area contributed by atoms with Crippen molar-refractivity contribution in [2.24, 2.45) is 0 Å². The van der Waals surface area contributed by atoms with E-state index in [9.17, 15) is 0 Å². The second-order valence-electron chi connectivity index (χ2n) is 4.69. The lowest BCUT2D eigenvalue weighted by molar-refractivity contribution is 0.401. The van der Waals surface area contributed by atoms with Crippen molar-refractivity contribution >= 4 is 0 Å². The fourth-order valence-electron chi connectivity index (χ4n) is 2.15. The number of hydrogen-bond donors (Lipinski definition) is 1. The molecule has 0 saturated heterocycles. The van der Waals surface area contributed by atoms with Gasteiger partial charge in [-0.1, -0.05) is 30.3 Å². The summed E-state index contributed by atoms with van der Waals surface area (Å²) in [7, 11) is 3.38. The third kappa shape index (κ3) is 3.52. The van der Waals surface area contributed by atoms with E-state index in [1.165, 1.54) is 11.1 Å². The van der Waals surface area contributed by atoms with E-state index in [0.29, 0.717) is 0 Å². The van der Waals surface area contributed by atoms with Crippen molar-refractivity contribution in [3.63, 3.8) is 0 Å². The highest BCUT2D eigenvalue weighted by Gasteiger charge is 2.09. The Kier molecular flexibility index (Phi) is 5.02. The summed E-state index contributed by atoms with van der Waals surface area (Å²) in [6.07, 6.45) is 0. The minimum absolute atomic E-state index is 0.230. The van der Waals surface area contributed by atoms with E-state index in [1.807, 2.05) is 30.3 Å². The molecule has 0 saturated carbocycles. The first-order valence-electron chi connectivity index (χ1n) is 6.74. The number of nitrogens with one attached hydrogen (secondary N) is 1. The molecule has 106 valence electrons. The first kappa shape index (κ1) is 14.4. The Bertz CT molecular complexity index is 537. The summed E-state index contributed by atoms with van der Waals surface area (Å²) in [5.74, 6) is 1.80. The molecule has 0 aromatic heterocycles. The molecule has 0 bridgehead atoms. The first-order chi connectivity index (χ1) is 9.74. The Morgan fingerprint density at radius 1 is 0.950 bits per heavy atom. The van der Waals surface area contributed by atoms with Gasteiger partial charge in [-0.3, -0.25) is 0 Å². The van der Waals surface area contributed by atoms with Gasteiger partial charge in [0.25, 0.3) is 0 Å². The van der Waals surface area contributed by atoms with E-state index in [0.717, 1.165) is 18.0 Å². The van der Waals surface area contributed by atoms with Crippen LogP contribution in [0.25, 0.3) is 0 Å². The highest BCUT2D eigenvalue weighted by molar-refractivity contribution is 5.35. The maximum Gasteiger partial charge on any atom is 0.123 e. The standard InChI is InChI=1S/C17H21NO2/c1-13(16-6-4-5-7-17(16)20-3)18-12-14-8-10-15(19-2)11-9-14/h4-11,13,18H,12H2,1-3H3/t13-/m0/s1. The van der Waals surface area contributed by atoms with Gasteiger partial charge in [0, 0.05) is 18.2 Å². The first-order valence-corrected chi connectivity index (χ1v) is 6.74. The Balaban J connectivity index is 1.98. The lowest BCUT2D eigenvalue weighted by Gasteiger charge is -2.17.